The number of benzene rings is 2. The number of nitrogens with one attached hydrogen (secondary N) is 2. The molecule has 2 aromatic rings. The van der Waals surface area contributed by atoms with E-state index in [9.17, 15) is 4.79 Å². The molecule has 1 aliphatic heterocycles. The van der Waals surface area contributed by atoms with Gasteiger partial charge in [0.05, 0.1) is 19.6 Å². The van der Waals surface area contributed by atoms with Gasteiger partial charge in [0.25, 0.3) is 5.91 Å². The first kappa shape index (κ1) is 21.0. The maximum atomic E-state index is 12.5. The van der Waals surface area contributed by atoms with Crippen LogP contribution in [-0.2, 0) is 0 Å². The number of rotatable bonds is 7. The Morgan fingerprint density at radius 3 is 2.66 bits per heavy atom. The largest absolute Gasteiger partial charge is 0.493 e. The van der Waals surface area contributed by atoms with E-state index in [1.54, 1.807) is 44.2 Å². The maximum Gasteiger partial charge on any atom is 0.255 e. The molecule has 3 rings (SSSR count). The highest BCUT2D eigenvalue weighted by Gasteiger charge is 2.20. The average Bonchev–Trinajstić information content (AvgIpc) is 3.22. The topological polar surface area (TPSA) is 72.0 Å². The van der Waals surface area contributed by atoms with Crippen molar-refractivity contribution >= 4 is 29.6 Å². The van der Waals surface area contributed by atoms with Crippen LogP contribution in [0.1, 0.15) is 28.2 Å². The second kappa shape index (κ2) is 10.1. The third-order valence-electron chi connectivity index (χ3n) is 4.40. The lowest BCUT2D eigenvalue weighted by atomic mass is 10.1. The summed E-state index contributed by atoms with van der Waals surface area (Å²) in [5, 5.41) is 6.60. The number of allylic oxidation sites excluding steroid dienone is 1. The summed E-state index contributed by atoms with van der Waals surface area (Å²) >= 11 is 1.78. The fourth-order valence-corrected chi connectivity index (χ4v) is 3.94. The van der Waals surface area contributed by atoms with Gasteiger partial charge in [-0.25, -0.2) is 0 Å². The molecule has 1 unspecified atom stereocenters. The van der Waals surface area contributed by atoms with Gasteiger partial charge in [-0.05, 0) is 48.9 Å². The van der Waals surface area contributed by atoms with Gasteiger partial charge < -0.3 is 14.8 Å². The summed E-state index contributed by atoms with van der Waals surface area (Å²) in [6.45, 7) is 3.65. The van der Waals surface area contributed by atoms with Gasteiger partial charge >= 0.3 is 0 Å². The van der Waals surface area contributed by atoms with Crippen LogP contribution in [0.15, 0.2) is 58.4 Å². The predicted molar refractivity (Wildman–Crippen MR) is 119 cm³/mol. The molecule has 0 bridgehead atoms. The van der Waals surface area contributed by atoms with E-state index in [2.05, 4.69) is 21.7 Å². The maximum absolute atomic E-state index is 12.5. The van der Waals surface area contributed by atoms with Crippen molar-refractivity contribution in [3.8, 4) is 11.5 Å². The molecule has 1 heterocycles. The molecule has 0 aliphatic carbocycles. The molecule has 0 saturated carbocycles. The summed E-state index contributed by atoms with van der Waals surface area (Å²) < 4.78 is 10.5. The fourth-order valence-electron chi connectivity index (χ4n) is 2.88. The Balaban J connectivity index is 1.63. The molecule has 0 radical (unpaired) electrons. The van der Waals surface area contributed by atoms with E-state index in [0.29, 0.717) is 17.1 Å². The van der Waals surface area contributed by atoms with E-state index >= 15 is 0 Å². The van der Waals surface area contributed by atoms with Gasteiger partial charge in [0, 0.05) is 35.5 Å². The number of aliphatic imine (C=N–C) groups is 1. The van der Waals surface area contributed by atoms with Crippen molar-refractivity contribution < 1.29 is 14.3 Å². The number of carbonyl (C=O) groups is 1. The zero-order valence-electron chi connectivity index (χ0n) is 16.8. The molecule has 0 aromatic heterocycles. The van der Waals surface area contributed by atoms with Crippen LogP contribution >= 0.6 is 11.8 Å². The Morgan fingerprint density at radius 1 is 1.21 bits per heavy atom. The minimum absolute atomic E-state index is 0.201. The monoisotopic (exact) mass is 411 g/mol. The first-order valence-electron chi connectivity index (χ1n) is 9.37. The second-order valence-corrected chi connectivity index (χ2v) is 7.54. The van der Waals surface area contributed by atoms with Gasteiger partial charge in [-0.2, -0.15) is 0 Å². The molecular formula is C22H25N3O3S. The van der Waals surface area contributed by atoms with Gasteiger partial charge in [0.2, 0.25) is 0 Å². The van der Waals surface area contributed by atoms with Crippen LogP contribution in [0.3, 0.4) is 0 Å². The minimum atomic E-state index is -0.201. The summed E-state index contributed by atoms with van der Waals surface area (Å²) in [5.74, 6) is 0.907. The lowest BCUT2D eigenvalue weighted by Crippen LogP contribution is -2.13. The third kappa shape index (κ3) is 5.40. The molecule has 1 atom stereocenters. The summed E-state index contributed by atoms with van der Waals surface area (Å²) in [5.41, 5.74) is 2.40. The number of methoxy groups -OCH3 is 2. The van der Waals surface area contributed by atoms with E-state index in [-0.39, 0.29) is 11.3 Å². The molecule has 0 spiro atoms. The number of hydrogen-bond donors (Lipinski definition) is 2. The lowest BCUT2D eigenvalue weighted by Gasteiger charge is -2.12. The number of amides is 1. The zero-order chi connectivity index (χ0) is 20.6. The highest BCUT2D eigenvalue weighted by Crippen LogP contribution is 2.37. The summed E-state index contributed by atoms with van der Waals surface area (Å²) in [7, 11) is 3.11. The second-order valence-electron chi connectivity index (χ2n) is 6.31. The normalized spacial score (nSPS) is 17.6. The van der Waals surface area contributed by atoms with Crippen molar-refractivity contribution in [2.24, 2.45) is 4.99 Å². The van der Waals surface area contributed by atoms with Gasteiger partial charge in [-0.15, -0.1) is 11.8 Å². The van der Waals surface area contributed by atoms with Crippen LogP contribution < -0.4 is 20.1 Å². The number of ether oxygens (including phenoxy) is 2. The highest BCUT2D eigenvalue weighted by molar-refractivity contribution is 8.03. The predicted octanol–water partition coefficient (Wildman–Crippen LogP) is 4.27. The number of thioether (sulfide) groups is 1. The van der Waals surface area contributed by atoms with Gasteiger partial charge in [0.15, 0.2) is 11.5 Å². The van der Waals surface area contributed by atoms with Crippen LogP contribution in [0, 0.1) is 0 Å². The molecule has 6 nitrogen and oxygen atoms in total. The molecule has 2 aromatic carbocycles. The first-order valence-corrected chi connectivity index (χ1v) is 10.2. The van der Waals surface area contributed by atoms with Crippen LogP contribution in [0.2, 0.25) is 0 Å². The molecule has 1 aliphatic rings. The SMILES string of the molecule is CCN=C/C=C1\CNC(c2ccc(NC(=O)c3ccc(OC)c(OC)c3)cc2)S1. The molecule has 1 amide bonds. The van der Waals surface area contributed by atoms with Crippen molar-refractivity contribution in [2.75, 3.05) is 32.6 Å². The number of hydrogen-bond acceptors (Lipinski definition) is 6. The van der Waals surface area contributed by atoms with Gasteiger partial charge in [-0.3, -0.25) is 15.1 Å². The lowest BCUT2D eigenvalue weighted by molar-refractivity contribution is 0.102. The van der Waals surface area contributed by atoms with E-state index in [4.69, 9.17) is 9.47 Å². The Morgan fingerprint density at radius 2 is 1.97 bits per heavy atom. The van der Waals surface area contributed by atoms with Crippen molar-refractivity contribution in [3.63, 3.8) is 0 Å². The molecule has 152 valence electrons. The van der Waals surface area contributed by atoms with Gasteiger partial charge in [-0.1, -0.05) is 12.1 Å². The van der Waals surface area contributed by atoms with E-state index < -0.39 is 0 Å². The summed E-state index contributed by atoms with van der Waals surface area (Å²) in [6.07, 6.45) is 3.91. The van der Waals surface area contributed by atoms with Crippen molar-refractivity contribution in [2.45, 2.75) is 12.3 Å². The number of anilines is 1. The summed E-state index contributed by atoms with van der Waals surface area (Å²) in [4.78, 5) is 18.0. The highest BCUT2D eigenvalue weighted by atomic mass is 32.2. The Bertz CT molecular complexity index is 910. The number of nitrogens with zero attached hydrogens (tertiary/aromatic N) is 1. The molecule has 1 saturated heterocycles. The van der Waals surface area contributed by atoms with Crippen molar-refractivity contribution in [3.05, 3.63) is 64.6 Å². The summed E-state index contributed by atoms with van der Waals surface area (Å²) in [6, 6.07) is 13.0. The molecule has 7 heteroatoms. The molecule has 2 N–H and O–H groups in total. The van der Waals surface area contributed by atoms with E-state index in [1.807, 2.05) is 37.4 Å². The minimum Gasteiger partial charge on any atom is -0.493 e. The smallest absolute Gasteiger partial charge is 0.255 e. The van der Waals surface area contributed by atoms with Crippen LogP contribution in [-0.4, -0.2) is 39.4 Å². The van der Waals surface area contributed by atoms with Crippen molar-refractivity contribution in [1.29, 1.82) is 0 Å². The van der Waals surface area contributed by atoms with Crippen LogP contribution in [0.5, 0.6) is 11.5 Å². The Labute approximate surface area is 175 Å². The van der Waals surface area contributed by atoms with E-state index in [1.165, 1.54) is 4.91 Å². The Kier molecular flexibility index (Phi) is 7.32. The quantitative estimate of drug-likeness (QED) is 0.666. The van der Waals surface area contributed by atoms with Crippen molar-refractivity contribution in [1.82, 2.24) is 5.32 Å². The first-order chi connectivity index (χ1) is 14.1. The third-order valence-corrected chi connectivity index (χ3v) is 5.65. The van der Waals surface area contributed by atoms with E-state index in [0.717, 1.165) is 24.3 Å². The fraction of sp³-hybridized carbons (Fsp3) is 0.273. The Hall–Kier alpha value is -2.77. The van der Waals surface area contributed by atoms with Crippen LogP contribution in [0.25, 0.3) is 0 Å². The molecule has 29 heavy (non-hydrogen) atoms. The van der Waals surface area contributed by atoms with Gasteiger partial charge in [0.1, 0.15) is 0 Å². The standard InChI is InChI=1S/C22H25N3O3S/c1-4-23-12-11-18-14-24-22(29-18)15-5-8-17(9-6-15)25-21(26)16-7-10-19(27-2)20(13-16)28-3/h5-13,22,24H,4,14H2,1-3H3,(H,25,26)/b18-11+,23-12?. The van der Waals surface area contributed by atoms with Crippen LogP contribution in [0.4, 0.5) is 5.69 Å². The molecule has 1 fully saturated rings. The zero-order valence-corrected chi connectivity index (χ0v) is 17.6. The molecular weight excluding hydrogens is 386 g/mol. The average molecular weight is 412 g/mol. The number of carbonyl (C=O) groups excluding carboxylic acids is 1.